The van der Waals surface area contributed by atoms with Gasteiger partial charge in [0.1, 0.15) is 23.4 Å². The van der Waals surface area contributed by atoms with Gasteiger partial charge in [0, 0.05) is 37.3 Å². The fourth-order valence-corrected chi connectivity index (χ4v) is 4.27. The molecule has 2 aromatic carbocycles. The van der Waals surface area contributed by atoms with Crippen LogP contribution in [-0.2, 0) is 35.5 Å². The molecule has 0 radical (unpaired) electrons. The smallest absolute Gasteiger partial charge is 0.272 e. The lowest BCUT2D eigenvalue weighted by Gasteiger charge is -2.14. The Morgan fingerprint density at radius 2 is 1.70 bits per heavy atom. The van der Waals surface area contributed by atoms with E-state index in [1.165, 1.54) is 25.3 Å². The van der Waals surface area contributed by atoms with Gasteiger partial charge >= 0.3 is 0 Å². The van der Waals surface area contributed by atoms with E-state index >= 15 is 0 Å². The minimum Gasteiger partial charge on any atom is -0.462 e. The molecule has 0 aliphatic carbocycles. The van der Waals surface area contributed by atoms with E-state index in [1.807, 2.05) is 24.3 Å². The van der Waals surface area contributed by atoms with E-state index in [1.54, 1.807) is 0 Å². The molecule has 0 saturated heterocycles. The summed E-state index contributed by atoms with van der Waals surface area (Å²) in [6, 6.07) is 11.3. The molecule has 1 aliphatic heterocycles. The number of aromatic nitrogens is 2. The molecule has 1 unspecified atom stereocenters. The molecule has 12 heteroatoms. The van der Waals surface area contributed by atoms with Crippen LogP contribution in [0, 0.1) is 0 Å². The number of alkyl halides is 2. The zero-order chi connectivity index (χ0) is 28.5. The van der Waals surface area contributed by atoms with E-state index in [2.05, 4.69) is 20.5 Å². The number of nitrogens with one attached hydrogen (secondary N) is 2. The second kappa shape index (κ2) is 13.6. The van der Waals surface area contributed by atoms with Crippen LogP contribution < -0.4 is 14.8 Å². The predicted octanol–water partition coefficient (Wildman–Crippen LogP) is 4.11. The minimum absolute atomic E-state index is 0.107. The summed E-state index contributed by atoms with van der Waals surface area (Å²) in [6.45, 7) is -2.23. The molecule has 0 spiro atoms. The van der Waals surface area contributed by atoms with Crippen LogP contribution in [0.4, 0.5) is 13.2 Å². The fourth-order valence-electron chi connectivity index (χ4n) is 4.27. The molecular formula is C28H27F3N4O5. The number of hydrogen-bond donors (Lipinski definition) is 2. The van der Waals surface area contributed by atoms with Crippen molar-refractivity contribution in [2.45, 2.75) is 32.0 Å². The third kappa shape index (κ3) is 6.94. The van der Waals surface area contributed by atoms with Gasteiger partial charge in [-0.3, -0.25) is 19.7 Å². The summed E-state index contributed by atoms with van der Waals surface area (Å²) in [6.07, 6.45) is 2.76. The normalized spacial score (nSPS) is 14.7. The third-order valence-corrected chi connectivity index (χ3v) is 6.21. The van der Waals surface area contributed by atoms with Crippen LogP contribution in [0.1, 0.15) is 38.4 Å². The highest BCUT2D eigenvalue weighted by Crippen LogP contribution is 2.29. The fraction of sp³-hybridized carbons (Fsp3) is 0.286. The summed E-state index contributed by atoms with van der Waals surface area (Å²) in [5.41, 5.74) is 3.37. The summed E-state index contributed by atoms with van der Waals surface area (Å²) in [7, 11) is 1.49. The Morgan fingerprint density at radius 1 is 1.02 bits per heavy atom. The van der Waals surface area contributed by atoms with Crippen LogP contribution in [-0.4, -0.2) is 55.0 Å². The van der Waals surface area contributed by atoms with Crippen LogP contribution in [0.25, 0.3) is 0 Å². The van der Waals surface area contributed by atoms with Crippen LogP contribution in [0.3, 0.4) is 0 Å². The number of ketones is 1. The number of carbonyl (C=O) groups is 2. The number of aromatic amines is 1. The van der Waals surface area contributed by atoms with Gasteiger partial charge in [-0.15, -0.1) is 0 Å². The van der Waals surface area contributed by atoms with E-state index < -0.39 is 31.5 Å². The van der Waals surface area contributed by atoms with Gasteiger partial charge in [-0.25, -0.2) is 13.2 Å². The summed E-state index contributed by atoms with van der Waals surface area (Å²) in [5, 5.41) is 9.77. The van der Waals surface area contributed by atoms with Crippen molar-refractivity contribution < 1.29 is 37.0 Å². The van der Waals surface area contributed by atoms with E-state index in [-0.39, 0.29) is 41.7 Å². The number of aliphatic imine (C=N–C) groups is 1. The van der Waals surface area contributed by atoms with Crippen LogP contribution in [0.2, 0.25) is 0 Å². The van der Waals surface area contributed by atoms with Crippen LogP contribution >= 0.6 is 0 Å². The number of rotatable bonds is 13. The standard InChI is InChI=1S/C28H27F3N4O5/c1-38-14-21-22(9-17-5-7-18(8-6-17)10-23-24(36)11-19(31)12-32-23)34-35-27(21)28(37)33-13-20-25(39-15-29)3-2-4-26(20)40-16-30/h2-8,11-12,23H,9-10,13-16H2,1H3,(H,33,37)(H,34,35). The Morgan fingerprint density at radius 3 is 2.33 bits per heavy atom. The highest BCUT2D eigenvalue weighted by molar-refractivity contribution is 6.02. The van der Waals surface area contributed by atoms with Crippen molar-refractivity contribution in [2.24, 2.45) is 4.99 Å². The second-order valence-corrected chi connectivity index (χ2v) is 8.81. The van der Waals surface area contributed by atoms with Crippen LogP contribution in [0.15, 0.2) is 59.4 Å². The Hall–Kier alpha value is -4.45. The van der Waals surface area contributed by atoms with E-state index in [0.29, 0.717) is 24.1 Å². The molecule has 2 N–H and O–H groups in total. The molecule has 1 amide bonds. The van der Waals surface area contributed by atoms with Gasteiger partial charge in [-0.1, -0.05) is 30.3 Å². The number of H-pyrrole nitrogens is 1. The Balaban J connectivity index is 1.45. The van der Waals surface area contributed by atoms with Gasteiger partial charge in [0.05, 0.1) is 24.9 Å². The van der Waals surface area contributed by atoms with Crippen molar-refractivity contribution in [1.82, 2.24) is 15.5 Å². The zero-order valence-corrected chi connectivity index (χ0v) is 21.6. The first-order chi connectivity index (χ1) is 19.4. The summed E-state index contributed by atoms with van der Waals surface area (Å²) in [5.74, 6) is -1.33. The number of methoxy groups -OCH3 is 1. The molecule has 210 valence electrons. The minimum atomic E-state index is -1.11. The van der Waals surface area contributed by atoms with Gasteiger partial charge in [-0.05, 0) is 23.3 Å². The van der Waals surface area contributed by atoms with Crippen molar-refractivity contribution in [2.75, 3.05) is 20.8 Å². The Kier molecular flexibility index (Phi) is 9.68. The lowest BCUT2D eigenvalue weighted by molar-refractivity contribution is -0.115. The second-order valence-electron chi connectivity index (χ2n) is 8.81. The maximum absolute atomic E-state index is 13.2. The first kappa shape index (κ1) is 28.6. The van der Waals surface area contributed by atoms with Gasteiger partial charge in [-0.2, -0.15) is 5.10 Å². The molecule has 2 heterocycles. The lowest BCUT2D eigenvalue weighted by atomic mass is 9.98. The quantitative estimate of drug-likeness (QED) is 0.328. The van der Waals surface area contributed by atoms with E-state index in [0.717, 1.165) is 23.4 Å². The van der Waals surface area contributed by atoms with Crippen molar-refractivity contribution in [3.8, 4) is 11.5 Å². The first-order valence-electron chi connectivity index (χ1n) is 12.3. The highest BCUT2D eigenvalue weighted by Gasteiger charge is 2.22. The molecule has 0 bridgehead atoms. The van der Waals surface area contributed by atoms with Crippen molar-refractivity contribution in [3.05, 3.63) is 88.0 Å². The van der Waals surface area contributed by atoms with Gasteiger partial charge in [0.15, 0.2) is 11.5 Å². The molecule has 1 aliphatic rings. The monoisotopic (exact) mass is 556 g/mol. The number of halogens is 3. The Labute approximate surface area is 228 Å². The number of carbonyl (C=O) groups excluding carboxylic acids is 2. The van der Waals surface area contributed by atoms with Crippen molar-refractivity contribution >= 4 is 17.9 Å². The highest BCUT2D eigenvalue weighted by atomic mass is 19.1. The molecular weight excluding hydrogens is 529 g/mol. The number of hydrogen-bond acceptors (Lipinski definition) is 7. The average molecular weight is 557 g/mol. The van der Waals surface area contributed by atoms with Crippen molar-refractivity contribution in [1.29, 1.82) is 0 Å². The summed E-state index contributed by atoms with van der Waals surface area (Å²) < 4.78 is 54.0. The number of allylic oxidation sites excluding steroid dienone is 1. The number of dihydropyridines is 1. The van der Waals surface area contributed by atoms with Crippen LogP contribution in [0.5, 0.6) is 11.5 Å². The number of amides is 1. The summed E-state index contributed by atoms with van der Waals surface area (Å²) >= 11 is 0. The predicted molar refractivity (Wildman–Crippen MR) is 140 cm³/mol. The topological polar surface area (TPSA) is 115 Å². The number of ether oxygens (including phenoxy) is 3. The van der Waals surface area contributed by atoms with E-state index in [9.17, 15) is 22.8 Å². The summed E-state index contributed by atoms with van der Waals surface area (Å²) in [4.78, 5) is 29.0. The number of nitrogens with zero attached hydrogens (tertiary/aromatic N) is 2. The first-order valence-corrected chi connectivity index (χ1v) is 12.3. The SMILES string of the molecule is COCc1c(C(=O)NCc2c(OCF)cccc2OCF)n[nH]c1Cc1ccc(CC2N=CC(F)=CC2=O)cc1. The zero-order valence-electron chi connectivity index (χ0n) is 21.6. The van der Waals surface area contributed by atoms with Gasteiger partial charge < -0.3 is 19.5 Å². The Bertz CT molecular complexity index is 1380. The number of benzene rings is 2. The molecule has 1 aromatic heterocycles. The maximum Gasteiger partial charge on any atom is 0.272 e. The molecule has 1 atom stereocenters. The molecule has 3 aromatic rings. The van der Waals surface area contributed by atoms with Gasteiger partial charge in [0.2, 0.25) is 13.7 Å². The maximum atomic E-state index is 13.2. The van der Waals surface area contributed by atoms with Crippen molar-refractivity contribution in [3.63, 3.8) is 0 Å². The van der Waals surface area contributed by atoms with E-state index in [4.69, 9.17) is 14.2 Å². The molecule has 40 heavy (non-hydrogen) atoms. The average Bonchev–Trinajstić information content (AvgIpc) is 3.33. The third-order valence-electron chi connectivity index (χ3n) is 6.21. The molecule has 0 fully saturated rings. The molecule has 9 nitrogen and oxygen atoms in total. The molecule has 4 rings (SSSR count). The molecule has 0 saturated carbocycles. The lowest BCUT2D eigenvalue weighted by Crippen LogP contribution is -2.25. The largest absolute Gasteiger partial charge is 0.462 e. The van der Waals surface area contributed by atoms with Gasteiger partial charge in [0.25, 0.3) is 5.91 Å².